The molecule has 0 radical (unpaired) electrons. The second kappa shape index (κ2) is 5.49. The average molecular weight is 344 g/mol. The molecule has 1 aromatic rings. The smallest absolute Gasteiger partial charge is 0.312 e. The fourth-order valence-electron chi connectivity index (χ4n) is 2.55. The van der Waals surface area contributed by atoms with E-state index in [1.807, 2.05) is 0 Å². The van der Waals surface area contributed by atoms with Crippen molar-refractivity contribution in [2.45, 2.75) is 25.9 Å². The first-order chi connectivity index (χ1) is 9.38. The number of nitro benzene ring substituents is 1. The molecule has 0 saturated carbocycles. The third-order valence-corrected chi connectivity index (χ3v) is 4.80. The highest BCUT2D eigenvalue weighted by Crippen LogP contribution is 2.41. The van der Waals surface area contributed by atoms with Crippen LogP contribution in [-0.4, -0.2) is 28.7 Å². The summed E-state index contributed by atoms with van der Waals surface area (Å²) in [4.78, 5) is 22.1. The maximum absolute atomic E-state index is 11.6. The Morgan fingerprint density at radius 2 is 2.35 bits per heavy atom. The summed E-state index contributed by atoms with van der Waals surface area (Å²) in [6.45, 7) is 2.12. The van der Waals surface area contributed by atoms with E-state index in [2.05, 4.69) is 15.9 Å². The van der Waals surface area contributed by atoms with Crippen molar-refractivity contribution in [2.24, 2.45) is 5.41 Å². The summed E-state index contributed by atoms with van der Waals surface area (Å²) in [6, 6.07) is 4.65. The molecule has 2 atom stereocenters. The van der Waals surface area contributed by atoms with Crippen LogP contribution in [0.15, 0.2) is 22.7 Å². The minimum atomic E-state index is -1.03. The fraction of sp³-hybridized carbons (Fsp3) is 0.462. The topological polar surface area (TPSA) is 89.7 Å². The number of halogens is 1. The Morgan fingerprint density at radius 1 is 1.65 bits per heavy atom. The summed E-state index contributed by atoms with van der Waals surface area (Å²) in [6.07, 6.45) is 0.177. The highest BCUT2D eigenvalue weighted by atomic mass is 79.9. The van der Waals surface area contributed by atoms with Gasteiger partial charge in [0.1, 0.15) is 0 Å². The number of nitrogens with zero attached hydrogens (tertiary/aromatic N) is 1. The predicted octanol–water partition coefficient (Wildman–Crippen LogP) is 2.78. The van der Waals surface area contributed by atoms with Gasteiger partial charge >= 0.3 is 5.97 Å². The zero-order valence-electron chi connectivity index (χ0n) is 10.8. The van der Waals surface area contributed by atoms with Crippen LogP contribution in [0.4, 0.5) is 5.69 Å². The van der Waals surface area contributed by atoms with Gasteiger partial charge in [0, 0.05) is 12.7 Å². The van der Waals surface area contributed by atoms with Crippen LogP contribution in [0.5, 0.6) is 0 Å². The molecule has 108 valence electrons. The lowest BCUT2D eigenvalue weighted by Gasteiger charge is -2.27. The van der Waals surface area contributed by atoms with Gasteiger partial charge in [-0.1, -0.05) is 12.1 Å². The lowest BCUT2D eigenvalue weighted by molar-refractivity contribution is -0.385. The van der Waals surface area contributed by atoms with Gasteiger partial charge in [-0.15, -0.1) is 0 Å². The molecule has 1 saturated heterocycles. The largest absolute Gasteiger partial charge is 0.481 e. The van der Waals surface area contributed by atoms with Gasteiger partial charge < -0.3 is 9.84 Å². The number of benzene rings is 1. The van der Waals surface area contributed by atoms with Crippen LogP contribution in [0.1, 0.15) is 18.9 Å². The Labute approximate surface area is 124 Å². The third kappa shape index (κ3) is 2.43. The summed E-state index contributed by atoms with van der Waals surface area (Å²) in [5, 5.41) is 20.5. The van der Waals surface area contributed by atoms with Crippen molar-refractivity contribution < 1.29 is 19.6 Å². The molecule has 1 N–H and O–H groups in total. The van der Waals surface area contributed by atoms with E-state index in [9.17, 15) is 20.0 Å². The van der Waals surface area contributed by atoms with E-state index >= 15 is 0 Å². The van der Waals surface area contributed by atoms with E-state index in [0.29, 0.717) is 23.1 Å². The maximum Gasteiger partial charge on any atom is 0.312 e. The Morgan fingerprint density at radius 3 is 2.85 bits per heavy atom. The van der Waals surface area contributed by atoms with Crippen molar-refractivity contribution in [1.82, 2.24) is 0 Å². The number of rotatable bonds is 4. The zero-order chi connectivity index (χ0) is 14.9. The molecule has 2 rings (SSSR count). The first-order valence-corrected chi connectivity index (χ1v) is 6.94. The van der Waals surface area contributed by atoms with Crippen LogP contribution in [0.25, 0.3) is 0 Å². The summed E-state index contributed by atoms with van der Waals surface area (Å²) in [5.41, 5.74) is -0.480. The lowest BCUT2D eigenvalue weighted by atomic mass is 9.76. The number of ether oxygens (including phenoxy) is 1. The number of carboxylic acids is 1. The number of hydrogen-bond donors (Lipinski definition) is 1. The molecule has 0 amide bonds. The molecule has 20 heavy (non-hydrogen) atoms. The molecule has 1 heterocycles. The van der Waals surface area contributed by atoms with E-state index in [0.717, 1.165) is 0 Å². The van der Waals surface area contributed by atoms with Gasteiger partial charge in [-0.25, -0.2) is 0 Å². The highest BCUT2D eigenvalue weighted by molar-refractivity contribution is 9.10. The molecule has 1 fully saturated rings. The minimum absolute atomic E-state index is 0.0605. The molecule has 7 heteroatoms. The van der Waals surface area contributed by atoms with E-state index in [4.69, 9.17) is 4.74 Å². The summed E-state index contributed by atoms with van der Waals surface area (Å²) >= 11 is 3.21. The van der Waals surface area contributed by atoms with Gasteiger partial charge in [0.25, 0.3) is 5.69 Å². The van der Waals surface area contributed by atoms with Crippen LogP contribution in [0.2, 0.25) is 0 Å². The first kappa shape index (κ1) is 14.9. The second-order valence-corrected chi connectivity index (χ2v) is 5.70. The van der Waals surface area contributed by atoms with Gasteiger partial charge in [0.2, 0.25) is 0 Å². The zero-order valence-corrected chi connectivity index (χ0v) is 12.4. The number of nitro groups is 1. The quantitative estimate of drug-likeness (QED) is 0.670. The fourth-order valence-corrected chi connectivity index (χ4v) is 3.10. The summed E-state index contributed by atoms with van der Waals surface area (Å²) < 4.78 is 5.73. The monoisotopic (exact) mass is 343 g/mol. The van der Waals surface area contributed by atoms with Crippen LogP contribution in [0, 0.1) is 15.5 Å². The normalized spacial score (nSPS) is 25.6. The number of hydrogen-bond acceptors (Lipinski definition) is 4. The molecule has 0 aromatic heterocycles. The van der Waals surface area contributed by atoms with Crippen LogP contribution in [0.3, 0.4) is 0 Å². The minimum Gasteiger partial charge on any atom is -0.481 e. The van der Waals surface area contributed by atoms with Gasteiger partial charge in [0.15, 0.2) is 0 Å². The standard InChI is InChI=1S/C13H14BrNO5/c1-8-13(12(16)17,5-6-20-8)7-9-3-2-4-10(11(9)14)15(18)19/h2-4,8H,5-7H2,1H3,(H,16,17). The van der Waals surface area contributed by atoms with Crippen molar-refractivity contribution in [2.75, 3.05) is 6.61 Å². The van der Waals surface area contributed by atoms with Gasteiger partial charge in [-0.3, -0.25) is 14.9 Å². The van der Waals surface area contributed by atoms with Crippen molar-refractivity contribution in [1.29, 1.82) is 0 Å². The number of carboxylic acid groups (broad SMARTS) is 1. The predicted molar refractivity (Wildman–Crippen MR) is 74.6 cm³/mol. The van der Waals surface area contributed by atoms with Crippen molar-refractivity contribution in [3.63, 3.8) is 0 Å². The average Bonchev–Trinajstić information content (AvgIpc) is 2.74. The Hall–Kier alpha value is -1.47. The lowest BCUT2D eigenvalue weighted by Crippen LogP contribution is -2.39. The second-order valence-electron chi connectivity index (χ2n) is 4.91. The van der Waals surface area contributed by atoms with E-state index in [-0.39, 0.29) is 12.1 Å². The molecule has 1 aliphatic rings. The molecule has 6 nitrogen and oxygen atoms in total. The third-order valence-electron chi connectivity index (χ3n) is 3.88. The molecule has 1 aliphatic heterocycles. The van der Waals surface area contributed by atoms with Crippen molar-refractivity contribution >= 4 is 27.6 Å². The molecular formula is C13H14BrNO5. The van der Waals surface area contributed by atoms with Crippen LogP contribution in [-0.2, 0) is 16.0 Å². The number of carbonyl (C=O) groups is 1. The van der Waals surface area contributed by atoms with E-state index in [1.54, 1.807) is 19.1 Å². The number of aliphatic carboxylic acids is 1. The highest BCUT2D eigenvalue weighted by Gasteiger charge is 2.48. The van der Waals surface area contributed by atoms with Crippen LogP contribution >= 0.6 is 15.9 Å². The molecule has 2 unspecified atom stereocenters. The van der Waals surface area contributed by atoms with Gasteiger partial charge in [-0.2, -0.15) is 0 Å². The summed E-state index contributed by atoms with van der Waals surface area (Å²) in [5.74, 6) is -0.930. The molecule has 1 aromatic carbocycles. The van der Waals surface area contributed by atoms with Crippen molar-refractivity contribution in [3.8, 4) is 0 Å². The molecule has 0 aliphatic carbocycles. The molecular weight excluding hydrogens is 330 g/mol. The Kier molecular flexibility index (Phi) is 4.10. The summed E-state index contributed by atoms with van der Waals surface area (Å²) in [7, 11) is 0. The van der Waals surface area contributed by atoms with E-state index in [1.165, 1.54) is 6.07 Å². The molecule has 0 spiro atoms. The van der Waals surface area contributed by atoms with E-state index < -0.39 is 22.4 Å². The SMILES string of the molecule is CC1OCCC1(Cc1cccc([N+](=O)[O-])c1Br)C(=O)O. The Bertz CT molecular complexity index is 562. The van der Waals surface area contributed by atoms with Gasteiger partial charge in [-0.05, 0) is 41.3 Å². The van der Waals surface area contributed by atoms with Crippen molar-refractivity contribution in [3.05, 3.63) is 38.3 Å². The maximum atomic E-state index is 11.6. The molecule has 0 bridgehead atoms. The Balaban J connectivity index is 2.40. The van der Waals surface area contributed by atoms with Crippen LogP contribution < -0.4 is 0 Å². The first-order valence-electron chi connectivity index (χ1n) is 6.15. The van der Waals surface area contributed by atoms with Gasteiger partial charge in [0.05, 0.1) is 20.9 Å².